The van der Waals surface area contributed by atoms with Crippen LogP contribution in [0.1, 0.15) is 26.3 Å². The Morgan fingerprint density at radius 3 is 2.70 bits per heavy atom. The van der Waals surface area contributed by atoms with Gasteiger partial charge in [-0.2, -0.15) is 0 Å². The molecule has 0 aliphatic rings. The van der Waals surface area contributed by atoms with Gasteiger partial charge in [0.2, 0.25) is 5.91 Å². The molecule has 3 N–H and O–H groups in total. The molecule has 5 nitrogen and oxygen atoms in total. The Morgan fingerprint density at radius 2 is 2.09 bits per heavy atom. The average Bonchev–Trinajstić information content (AvgIpc) is 2.93. The number of anilines is 1. The van der Waals surface area contributed by atoms with Crippen LogP contribution < -0.4 is 15.8 Å². The van der Waals surface area contributed by atoms with Gasteiger partial charge in [0.05, 0.1) is 18.8 Å². The maximum atomic E-state index is 12.2. The molecule has 6 heteroatoms. The van der Waals surface area contributed by atoms with Gasteiger partial charge < -0.3 is 15.8 Å². The van der Waals surface area contributed by atoms with E-state index >= 15 is 0 Å². The van der Waals surface area contributed by atoms with Gasteiger partial charge >= 0.3 is 0 Å². The number of thiazole rings is 1. The van der Waals surface area contributed by atoms with E-state index in [1.54, 1.807) is 7.11 Å². The van der Waals surface area contributed by atoms with Crippen molar-refractivity contribution in [2.45, 2.75) is 33.7 Å². The average molecular weight is 333 g/mol. The van der Waals surface area contributed by atoms with Crippen LogP contribution in [0.5, 0.6) is 5.75 Å². The SMILES string of the molecule is COc1ccc(C)cc1-c1csc(NC(=O)[C@@H](N)C(C)(C)C)n1. The first-order chi connectivity index (χ1) is 10.7. The summed E-state index contributed by atoms with van der Waals surface area (Å²) in [7, 11) is 1.63. The first-order valence-corrected chi connectivity index (χ1v) is 8.27. The number of rotatable bonds is 4. The molecule has 0 radical (unpaired) electrons. The van der Waals surface area contributed by atoms with Crippen LogP contribution in [0.2, 0.25) is 0 Å². The number of methoxy groups -OCH3 is 1. The normalized spacial score (nSPS) is 12.8. The molecular weight excluding hydrogens is 310 g/mol. The molecular formula is C17H23N3O2S. The van der Waals surface area contributed by atoms with E-state index in [2.05, 4.69) is 10.3 Å². The van der Waals surface area contributed by atoms with Gasteiger partial charge in [-0.1, -0.05) is 32.4 Å². The Kier molecular flexibility index (Phi) is 5.06. The van der Waals surface area contributed by atoms with E-state index in [0.717, 1.165) is 22.6 Å². The first-order valence-electron chi connectivity index (χ1n) is 7.39. The lowest BCUT2D eigenvalue weighted by molar-refractivity contribution is -0.119. The summed E-state index contributed by atoms with van der Waals surface area (Å²) in [5.41, 5.74) is 8.47. The number of aromatic nitrogens is 1. The molecule has 0 aliphatic carbocycles. The number of nitrogens with one attached hydrogen (secondary N) is 1. The number of carbonyl (C=O) groups is 1. The van der Waals surface area contributed by atoms with E-state index in [1.807, 2.05) is 51.3 Å². The van der Waals surface area contributed by atoms with Gasteiger partial charge in [0.25, 0.3) is 0 Å². The molecule has 23 heavy (non-hydrogen) atoms. The summed E-state index contributed by atoms with van der Waals surface area (Å²) >= 11 is 1.37. The highest BCUT2D eigenvalue weighted by molar-refractivity contribution is 7.14. The van der Waals surface area contributed by atoms with Gasteiger partial charge in [-0.3, -0.25) is 4.79 Å². The number of hydrogen-bond donors (Lipinski definition) is 2. The largest absolute Gasteiger partial charge is 0.496 e. The summed E-state index contributed by atoms with van der Waals surface area (Å²) < 4.78 is 5.39. The Hall–Kier alpha value is -1.92. The topological polar surface area (TPSA) is 77.2 Å². The number of ether oxygens (including phenoxy) is 1. The van der Waals surface area contributed by atoms with E-state index in [-0.39, 0.29) is 11.3 Å². The third-order valence-electron chi connectivity index (χ3n) is 3.58. The van der Waals surface area contributed by atoms with Crippen LogP contribution in [0.25, 0.3) is 11.3 Å². The predicted molar refractivity (Wildman–Crippen MR) is 94.9 cm³/mol. The minimum atomic E-state index is -0.594. The number of nitrogens with two attached hydrogens (primary N) is 1. The number of aryl methyl sites for hydroxylation is 1. The van der Waals surface area contributed by atoms with Crippen molar-refractivity contribution in [3.63, 3.8) is 0 Å². The number of benzene rings is 1. The molecule has 0 saturated heterocycles. The van der Waals surface area contributed by atoms with E-state index in [0.29, 0.717) is 5.13 Å². The minimum Gasteiger partial charge on any atom is -0.496 e. The lowest BCUT2D eigenvalue weighted by Crippen LogP contribution is -2.45. The second-order valence-corrected chi connectivity index (χ2v) is 7.43. The molecule has 1 aromatic heterocycles. The fraction of sp³-hybridized carbons (Fsp3) is 0.412. The summed E-state index contributed by atoms with van der Waals surface area (Å²) in [5, 5.41) is 5.23. The van der Waals surface area contributed by atoms with Gasteiger partial charge in [-0.15, -0.1) is 11.3 Å². The minimum absolute atomic E-state index is 0.227. The van der Waals surface area contributed by atoms with Crippen LogP contribution in [0.15, 0.2) is 23.6 Å². The number of nitrogens with zero attached hydrogens (tertiary/aromatic N) is 1. The predicted octanol–water partition coefficient (Wildman–Crippen LogP) is 3.44. The van der Waals surface area contributed by atoms with E-state index < -0.39 is 6.04 Å². The molecule has 2 rings (SSSR count). The maximum absolute atomic E-state index is 12.2. The van der Waals surface area contributed by atoms with Crippen LogP contribution in [-0.2, 0) is 4.79 Å². The fourth-order valence-electron chi connectivity index (χ4n) is 2.05. The molecule has 0 bridgehead atoms. The van der Waals surface area contributed by atoms with Crippen molar-refractivity contribution < 1.29 is 9.53 Å². The zero-order valence-electron chi connectivity index (χ0n) is 14.1. The van der Waals surface area contributed by atoms with Crippen LogP contribution in [-0.4, -0.2) is 24.0 Å². The number of hydrogen-bond acceptors (Lipinski definition) is 5. The molecule has 0 fully saturated rings. The van der Waals surface area contributed by atoms with Crippen LogP contribution in [0, 0.1) is 12.3 Å². The Morgan fingerprint density at radius 1 is 1.39 bits per heavy atom. The summed E-state index contributed by atoms with van der Waals surface area (Å²) in [6.07, 6.45) is 0. The van der Waals surface area contributed by atoms with Crippen molar-refractivity contribution in [1.82, 2.24) is 4.98 Å². The molecule has 0 aliphatic heterocycles. The third kappa shape index (κ3) is 4.09. The van der Waals surface area contributed by atoms with Gasteiger partial charge in [0, 0.05) is 10.9 Å². The maximum Gasteiger partial charge on any atom is 0.243 e. The van der Waals surface area contributed by atoms with Crippen LogP contribution >= 0.6 is 11.3 Å². The molecule has 0 unspecified atom stereocenters. The van der Waals surface area contributed by atoms with Crippen LogP contribution in [0.3, 0.4) is 0 Å². The van der Waals surface area contributed by atoms with E-state index in [9.17, 15) is 4.79 Å². The van der Waals surface area contributed by atoms with Crippen molar-refractivity contribution in [2.75, 3.05) is 12.4 Å². The highest BCUT2D eigenvalue weighted by Gasteiger charge is 2.28. The van der Waals surface area contributed by atoms with Gasteiger partial charge in [0.1, 0.15) is 5.75 Å². The lowest BCUT2D eigenvalue weighted by Gasteiger charge is -2.25. The highest BCUT2D eigenvalue weighted by Crippen LogP contribution is 2.33. The second kappa shape index (κ2) is 6.68. The number of amides is 1. The zero-order valence-corrected chi connectivity index (χ0v) is 15.0. The van der Waals surface area contributed by atoms with E-state index in [4.69, 9.17) is 10.5 Å². The smallest absolute Gasteiger partial charge is 0.243 e. The van der Waals surface area contributed by atoms with Crippen molar-refractivity contribution in [3.8, 4) is 17.0 Å². The zero-order chi connectivity index (χ0) is 17.2. The van der Waals surface area contributed by atoms with Crippen LogP contribution in [0.4, 0.5) is 5.13 Å². The summed E-state index contributed by atoms with van der Waals surface area (Å²) in [6.45, 7) is 7.81. The van der Waals surface area contributed by atoms with Crippen molar-refractivity contribution in [3.05, 3.63) is 29.1 Å². The van der Waals surface area contributed by atoms with Crippen molar-refractivity contribution >= 4 is 22.4 Å². The Balaban J connectivity index is 2.22. The molecule has 0 spiro atoms. The molecule has 1 amide bonds. The fourth-order valence-corrected chi connectivity index (χ4v) is 2.77. The summed E-state index contributed by atoms with van der Waals surface area (Å²) in [5.74, 6) is 0.528. The Labute approximate surface area is 140 Å². The molecule has 2 aromatic rings. The second-order valence-electron chi connectivity index (χ2n) is 6.57. The molecule has 1 heterocycles. The van der Waals surface area contributed by atoms with Gasteiger partial charge in [-0.05, 0) is 24.5 Å². The van der Waals surface area contributed by atoms with Gasteiger partial charge in [0.15, 0.2) is 5.13 Å². The summed E-state index contributed by atoms with van der Waals surface area (Å²) in [6, 6.07) is 5.32. The van der Waals surface area contributed by atoms with E-state index in [1.165, 1.54) is 11.3 Å². The van der Waals surface area contributed by atoms with Crippen molar-refractivity contribution in [2.24, 2.45) is 11.1 Å². The molecule has 0 saturated carbocycles. The molecule has 1 aromatic carbocycles. The molecule has 124 valence electrons. The third-order valence-corrected chi connectivity index (χ3v) is 4.34. The highest BCUT2D eigenvalue weighted by atomic mass is 32.1. The first kappa shape index (κ1) is 17.4. The Bertz CT molecular complexity index is 704. The standard InChI is InChI=1S/C17H23N3O2S/c1-10-6-7-13(22-5)11(8-10)12-9-23-16(19-12)20-15(21)14(18)17(2,3)4/h6-9,14H,18H2,1-5H3,(H,19,20,21)/t14-/m1/s1. The number of carbonyl (C=O) groups excluding carboxylic acids is 1. The van der Waals surface area contributed by atoms with Crippen molar-refractivity contribution in [1.29, 1.82) is 0 Å². The van der Waals surface area contributed by atoms with Gasteiger partial charge in [-0.25, -0.2) is 4.98 Å². The lowest BCUT2D eigenvalue weighted by atomic mass is 9.87. The summed E-state index contributed by atoms with van der Waals surface area (Å²) in [4.78, 5) is 16.7. The quantitative estimate of drug-likeness (QED) is 0.898. The monoisotopic (exact) mass is 333 g/mol. The molecule has 1 atom stereocenters.